The molecule has 1 aromatic rings. The number of nitrogens with zero attached hydrogens (tertiary/aromatic N) is 3. The largest absolute Gasteiger partial charge is 0.346 e. The number of rotatable bonds is 4. The molecule has 1 amide bonds. The van der Waals surface area contributed by atoms with Crippen molar-refractivity contribution in [3.63, 3.8) is 0 Å². The second kappa shape index (κ2) is 5.65. The van der Waals surface area contributed by atoms with Crippen LogP contribution >= 0.6 is 0 Å². The molecule has 1 saturated heterocycles. The molecular formula is C16H24N4O2. The Labute approximate surface area is 130 Å². The lowest BCUT2D eigenvalue weighted by Crippen LogP contribution is -2.33. The van der Waals surface area contributed by atoms with Crippen LogP contribution in [0.1, 0.15) is 74.4 Å². The minimum atomic E-state index is -0.198. The molecule has 0 bridgehead atoms. The first-order valence-corrected chi connectivity index (χ1v) is 8.61. The van der Waals surface area contributed by atoms with Gasteiger partial charge in [-0.2, -0.15) is 4.98 Å². The fraction of sp³-hybridized carbons (Fsp3) is 0.812. The van der Waals surface area contributed by atoms with E-state index in [9.17, 15) is 4.79 Å². The van der Waals surface area contributed by atoms with Gasteiger partial charge in [0.05, 0.1) is 6.04 Å². The van der Waals surface area contributed by atoms with Crippen LogP contribution in [0.2, 0.25) is 0 Å². The van der Waals surface area contributed by atoms with Crippen molar-refractivity contribution in [3.8, 4) is 0 Å². The Morgan fingerprint density at radius 2 is 2.14 bits per heavy atom. The van der Waals surface area contributed by atoms with E-state index in [2.05, 4.69) is 27.3 Å². The molecule has 22 heavy (non-hydrogen) atoms. The highest BCUT2D eigenvalue weighted by molar-refractivity contribution is 5.90. The van der Waals surface area contributed by atoms with Crippen LogP contribution in [0.4, 0.5) is 0 Å². The maximum Gasteiger partial charge on any atom is 0.292 e. The van der Waals surface area contributed by atoms with Gasteiger partial charge in [0, 0.05) is 12.1 Å². The summed E-state index contributed by atoms with van der Waals surface area (Å²) in [5.41, 5.74) is 0. The maximum atomic E-state index is 12.0. The van der Waals surface area contributed by atoms with Gasteiger partial charge in [0.15, 0.2) is 0 Å². The van der Waals surface area contributed by atoms with Crippen molar-refractivity contribution in [3.05, 3.63) is 11.7 Å². The molecule has 3 unspecified atom stereocenters. The Balaban J connectivity index is 1.46. The molecule has 1 aliphatic heterocycles. The lowest BCUT2D eigenvalue weighted by molar-refractivity contribution is 0.0937. The van der Waals surface area contributed by atoms with E-state index in [1.807, 2.05) is 0 Å². The van der Waals surface area contributed by atoms with Crippen molar-refractivity contribution in [1.29, 1.82) is 0 Å². The van der Waals surface area contributed by atoms with Gasteiger partial charge in [-0.25, -0.2) is 0 Å². The van der Waals surface area contributed by atoms with Crippen LogP contribution in [0.15, 0.2) is 4.52 Å². The van der Waals surface area contributed by atoms with Gasteiger partial charge in [0.25, 0.3) is 11.7 Å². The third-order valence-electron chi connectivity index (χ3n) is 5.27. The molecule has 1 N–H and O–H groups in total. The third kappa shape index (κ3) is 2.76. The monoisotopic (exact) mass is 304 g/mol. The highest BCUT2D eigenvalue weighted by atomic mass is 16.5. The Bertz CT molecular complexity index is 554. The van der Waals surface area contributed by atoms with E-state index in [0.29, 0.717) is 18.0 Å². The topological polar surface area (TPSA) is 71.3 Å². The lowest BCUT2D eigenvalue weighted by Gasteiger charge is -2.28. The molecule has 1 aromatic heterocycles. The van der Waals surface area contributed by atoms with Crippen LogP contribution in [0.25, 0.3) is 0 Å². The van der Waals surface area contributed by atoms with Gasteiger partial charge in [-0.05, 0) is 57.4 Å². The Hall–Kier alpha value is -1.43. The molecule has 2 heterocycles. The minimum absolute atomic E-state index is 0.188. The van der Waals surface area contributed by atoms with Crippen LogP contribution < -0.4 is 5.32 Å². The summed E-state index contributed by atoms with van der Waals surface area (Å²) in [5, 5.41) is 6.80. The zero-order valence-electron chi connectivity index (χ0n) is 13.1. The zero-order valence-corrected chi connectivity index (χ0v) is 13.1. The van der Waals surface area contributed by atoms with Gasteiger partial charge >= 0.3 is 0 Å². The predicted molar refractivity (Wildman–Crippen MR) is 80.3 cm³/mol. The van der Waals surface area contributed by atoms with E-state index >= 15 is 0 Å². The Kier molecular flexibility index (Phi) is 3.64. The maximum absolute atomic E-state index is 12.0. The molecule has 6 nitrogen and oxygen atoms in total. The van der Waals surface area contributed by atoms with Crippen molar-refractivity contribution < 1.29 is 9.32 Å². The molecule has 0 aromatic carbocycles. The van der Waals surface area contributed by atoms with Crippen molar-refractivity contribution in [2.24, 2.45) is 5.92 Å². The van der Waals surface area contributed by atoms with Gasteiger partial charge < -0.3 is 9.84 Å². The van der Waals surface area contributed by atoms with Crippen LogP contribution in [0.3, 0.4) is 0 Å². The zero-order chi connectivity index (χ0) is 15.1. The lowest BCUT2D eigenvalue weighted by atomic mass is 10.1. The number of likely N-dealkylation sites (tertiary alicyclic amines) is 1. The van der Waals surface area contributed by atoms with E-state index < -0.39 is 0 Å². The summed E-state index contributed by atoms with van der Waals surface area (Å²) in [6.07, 6.45) is 8.19. The predicted octanol–water partition coefficient (Wildman–Crippen LogP) is 2.29. The van der Waals surface area contributed by atoms with Crippen LogP contribution in [0.5, 0.6) is 0 Å². The first-order chi connectivity index (χ1) is 10.7. The second-order valence-electron chi connectivity index (χ2n) is 7.17. The van der Waals surface area contributed by atoms with E-state index in [4.69, 9.17) is 4.52 Å². The molecule has 0 radical (unpaired) electrons. The van der Waals surface area contributed by atoms with Crippen LogP contribution in [-0.2, 0) is 0 Å². The summed E-state index contributed by atoms with van der Waals surface area (Å²) in [5.74, 6) is 1.43. The van der Waals surface area contributed by atoms with Crippen molar-refractivity contribution in [2.45, 2.75) is 70.0 Å². The molecule has 0 spiro atoms. The van der Waals surface area contributed by atoms with E-state index in [1.165, 1.54) is 25.7 Å². The SMILES string of the molecule is CC1CCC(N2CCCC2c2nc(C(=O)NC3CC3)no2)C1. The number of nitrogens with one attached hydrogen (secondary N) is 1. The molecular weight excluding hydrogens is 280 g/mol. The number of hydrogen-bond donors (Lipinski definition) is 1. The molecule has 6 heteroatoms. The minimum Gasteiger partial charge on any atom is -0.346 e. The number of aromatic nitrogens is 2. The molecule has 4 rings (SSSR count). The number of carbonyl (C=O) groups excluding carboxylic acids is 1. The van der Waals surface area contributed by atoms with E-state index in [1.54, 1.807) is 0 Å². The van der Waals surface area contributed by atoms with Crippen molar-refractivity contribution in [1.82, 2.24) is 20.4 Å². The Morgan fingerprint density at radius 1 is 1.27 bits per heavy atom. The number of carbonyl (C=O) groups is 1. The summed E-state index contributed by atoms with van der Waals surface area (Å²) in [6.45, 7) is 3.44. The second-order valence-corrected chi connectivity index (χ2v) is 7.17. The summed E-state index contributed by atoms with van der Waals surface area (Å²) >= 11 is 0. The average molecular weight is 304 g/mol. The van der Waals surface area contributed by atoms with Gasteiger partial charge in [-0.1, -0.05) is 12.1 Å². The Morgan fingerprint density at radius 3 is 2.86 bits per heavy atom. The number of amides is 1. The molecule has 120 valence electrons. The average Bonchev–Trinajstić information content (AvgIpc) is 2.96. The quantitative estimate of drug-likeness (QED) is 0.924. The van der Waals surface area contributed by atoms with E-state index in [0.717, 1.165) is 31.7 Å². The molecule has 2 aliphatic carbocycles. The van der Waals surface area contributed by atoms with E-state index in [-0.39, 0.29) is 17.8 Å². The fourth-order valence-corrected chi connectivity index (χ4v) is 3.91. The molecule has 3 fully saturated rings. The van der Waals surface area contributed by atoms with Crippen LogP contribution in [-0.4, -0.2) is 39.6 Å². The van der Waals surface area contributed by atoms with Crippen molar-refractivity contribution >= 4 is 5.91 Å². The van der Waals surface area contributed by atoms with Gasteiger partial charge in [0.2, 0.25) is 5.89 Å². The third-order valence-corrected chi connectivity index (χ3v) is 5.27. The summed E-state index contributed by atoms with van der Waals surface area (Å²) < 4.78 is 5.42. The van der Waals surface area contributed by atoms with Crippen LogP contribution in [0, 0.1) is 5.92 Å². The molecule has 3 aliphatic rings. The standard InChI is InChI=1S/C16H24N4O2/c1-10-4-7-12(9-10)20-8-2-3-13(20)16-18-14(19-22-16)15(21)17-11-5-6-11/h10-13H,2-9H2,1H3,(H,17,21). The van der Waals surface area contributed by atoms with Gasteiger partial charge in [-0.3, -0.25) is 9.69 Å². The molecule has 3 atom stereocenters. The smallest absolute Gasteiger partial charge is 0.292 e. The summed E-state index contributed by atoms with van der Waals surface area (Å²) in [4.78, 5) is 18.9. The summed E-state index contributed by atoms with van der Waals surface area (Å²) in [6, 6.07) is 1.15. The summed E-state index contributed by atoms with van der Waals surface area (Å²) in [7, 11) is 0. The fourth-order valence-electron chi connectivity index (χ4n) is 3.91. The van der Waals surface area contributed by atoms with Gasteiger partial charge in [0.1, 0.15) is 0 Å². The number of hydrogen-bond acceptors (Lipinski definition) is 5. The highest BCUT2D eigenvalue weighted by Gasteiger charge is 2.38. The molecule has 2 saturated carbocycles. The highest BCUT2D eigenvalue weighted by Crippen LogP contribution is 2.39. The first-order valence-electron chi connectivity index (χ1n) is 8.61. The van der Waals surface area contributed by atoms with Gasteiger partial charge in [-0.15, -0.1) is 0 Å². The van der Waals surface area contributed by atoms with Crippen molar-refractivity contribution in [2.75, 3.05) is 6.54 Å². The normalized spacial score (nSPS) is 32.5. The first kappa shape index (κ1) is 14.2.